The standard InChI is InChI=1S/C18H19F3N4O/c1-12(2)15(14-10-22-11-23-16(14)18(19,20)21)25-9-8-24(17(25)26)13-6-4-3-5-7-13/h3-7,10-12,15H,8-9H2,1-2H3. The molecule has 0 bridgehead atoms. The van der Waals surface area contributed by atoms with Crippen LogP contribution in [0.3, 0.4) is 0 Å². The maximum Gasteiger partial charge on any atom is 0.433 e. The number of nitrogens with zero attached hydrogens (tertiary/aromatic N) is 4. The SMILES string of the molecule is CC(C)C(c1cncnc1C(F)(F)F)N1CCN(c2ccccc2)C1=O. The summed E-state index contributed by atoms with van der Waals surface area (Å²) in [6.45, 7) is 4.33. The Bertz CT molecular complexity index is 780. The number of halogens is 3. The summed E-state index contributed by atoms with van der Waals surface area (Å²) in [7, 11) is 0. The van der Waals surface area contributed by atoms with Gasteiger partial charge >= 0.3 is 12.2 Å². The van der Waals surface area contributed by atoms with Gasteiger partial charge in [0.25, 0.3) is 0 Å². The number of anilines is 1. The third-order valence-corrected chi connectivity index (χ3v) is 4.40. The third kappa shape index (κ3) is 3.36. The normalized spacial score (nSPS) is 16.5. The van der Waals surface area contributed by atoms with Gasteiger partial charge in [-0.15, -0.1) is 0 Å². The molecule has 3 rings (SSSR count). The number of para-hydroxylation sites is 1. The van der Waals surface area contributed by atoms with Gasteiger partial charge in [0.1, 0.15) is 6.33 Å². The molecule has 2 amide bonds. The molecule has 0 radical (unpaired) electrons. The van der Waals surface area contributed by atoms with E-state index in [0.29, 0.717) is 13.1 Å². The number of amides is 2. The molecule has 1 aromatic heterocycles. The Morgan fingerprint density at radius 1 is 1.12 bits per heavy atom. The van der Waals surface area contributed by atoms with Crippen LogP contribution in [0, 0.1) is 5.92 Å². The number of urea groups is 1. The lowest BCUT2D eigenvalue weighted by Gasteiger charge is -2.32. The first-order valence-electron chi connectivity index (χ1n) is 8.31. The Kier molecular flexibility index (Phi) is 4.84. The largest absolute Gasteiger partial charge is 0.433 e. The van der Waals surface area contributed by atoms with Crippen molar-refractivity contribution in [3.8, 4) is 0 Å². The van der Waals surface area contributed by atoms with E-state index in [2.05, 4.69) is 9.97 Å². The summed E-state index contributed by atoms with van der Waals surface area (Å²) in [5, 5.41) is 0. The van der Waals surface area contributed by atoms with Gasteiger partial charge in [-0.2, -0.15) is 13.2 Å². The molecular formula is C18H19F3N4O. The van der Waals surface area contributed by atoms with Crippen LogP contribution in [0.5, 0.6) is 0 Å². The molecule has 1 aliphatic rings. The van der Waals surface area contributed by atoms with Crippen LogP contribution in [0.15, 0.2) is 42.9 Å². The van der Waals surface area contributed by atoms with E-state index in [-0.39, 0.29) is 17.5 Å². The molecule has 0 saturated carbocycles. The quantitative estimate of drug-likeness (QED) is 0.819. The van der Waals surface area contributed by atoms with Crippen LogP contribution in [0.2, 0.25) is 0 Å². The zero-order valence-corrected chi connectivity index (χ0v) is 14.4. The molecule has 1 unspecified atom stereocenters. The van der Waals surface area contributed by atoms with Gasteiger partial charge in [-0.05, 0) is 18.1 Å². The predicted octanol–water partition coefficient (Wildman–Crippen LogP) is 4.13. The van der Waals surface area contributed by atoms with Gasteiger partial charge in [-0.25, -0.2) is 14.8 Å². The highest BCUT2D eigenvalue weighted by molar-refractivity contribution is 5.94. The molecular weight excluding hydrogens is 345 g/mol. The summed E-state index contributed by atoms with van der Waals surface area (Å²) in [4.78, 5) is 23.2. The van der Waals surface area contributed by atoms with Crippen molar-refractivity contribution < 1.29 is 18.0 Å². The molecule has 2 heterocycles. The Hall–Kier alpha value is -2.64. The summed E-state index contributed by atoms with van der Waals surface area (Å²) < 4.78 is 40.2. The van der Waals surface area contributed by atoms with Crippen molar-refractivity contribution >= 4 is 11.7 Å². The highest BCUT2D eigenvalue weighted by atomic mass is 19.4. The summed E-state index contributed by atoms with van der Waals surface area (Å²) in [5.74, 6) is -0.234. The van der Waals surface area contributed by atoms with E-state index in [1.165, 1.54) is 11.1 Å². The average molecular weight is 364 g/mol. The minimum atomic E-state index is -4.60. The third-order valence-electron chi connectivity index (χ3n) is 4.40. The highest BCUT2D eigenvalue weighted by Gasteiger charge is 2.43. The topological polar surface area (TPSA) is 49.3 Å². The predicted molar refractivity (Wildman–Crippen MR) is 90.5 cm³/mol. The van der Waals surface area contributed by atoms with Gasteiger partial charge in [0.15, 0.2) is 5.69 Å². The van der Waals surface area contributed by atoms with E-state index in [1.807, 2.05) is 18.2 Å². The number of aromatic nitrogens is 2. The molecule has 1 saturated heterocycles. The molecule has 1 atom stereocenters. The first kappa shape index (κ1) is 18.2. The average Bonchev–Trinajstić information content (AvgIpc) is 2.97. The molecule has 2 aromatic rings. The van der Waals surface area contributed by atoms with Crippen LogP contribution in [0.4, 0.5) is 23.7 Å². The molecule has 0 spiro atoms. The monoisotopic (exact) mass is 364 g/mol. The van der Waals surface area contributed by atoms with Gasteiger partial charge in [0.05, 0.1) is 6.04 Å². The summed E-state index contributed by atoms with van der Waals surface area (Å²) in [6.07, 6.45) is -2.56. The van der Waals surface area contributed by atoms with E-state index in [1.54, 1.807) is 30.9 Å². The molecule has 0 aliphatic carbocycles. The van der Waals surface area contributed by atoms with E-state index in [0.717, 1.165) is 12.0 Å². The second-order valence-corrected chi connectivity index (χ2v) is 6.48. The second-order valence-electron chi connectivity index (χ2n) is 6.48. The molecule has 138 valence electrons. The van der Waals surface area contributed by atoms with Crippen molar-refractivity contribution in [2.75, 3.05) is 18.0 Å². The fourth-order valence-electron chi connectivity index (χ4n) is 3.34. The van der Waals surface area contributed by atoms with Gasteiger partial charge in [0, 0.05) is 30.5 Å². The van der Waals surface area contributed by atoms with Crippen LogP contribution in [0.25, 0.3) is 0 Å². The van der Waals surface area contributed by atoms with Crippen LogP contribution in [-0.4, -0.2) is 34.0 Å². The van der Waals surface area contributed by atoms with Crippen molar-refractivity contribution in [3.05, 3.63) is 54.1 Å². The second kappa shape index (κ2) is 6.93. The number of carbonyl (C=O) groups excluding carboxylic acids is 1. The maximum atomic E-state index is 13.4. The maximum absolute atomic E-state index is 13.4. The molecule has 0 N–H and O–H groups in total. The van der Waals surface area contributed by atoms with E-state index in [4.69, 9.17) is 0 Å². The number of hydrogen-bond donors (Lipinski definition) is 0. The first-order valence-corrected chi connectivity index (χ1v) is 8.31. The number of alkyl halides is 3. The Labute approximate surface area is 149 Å². The summed E-state index contributed by atoms with van der Waals surface area (Å²) in [5.41, 5.74) is -0.335. The number of carbonyl (C=O) groups is 1. The molecule has 26 heavy (non-hydrogen) atoms. The van der Waals surface area contributed by atoms with Crippen molar-refractivity contribution in [3.63, 3.8) is 0 Å². The van der Waals surface area contributed by atoms with Gasteiger partial charge in [-0.3, -0.25) is 4.90 Å². The molecule has 1 aliphatic heterocycles. The molecule has 5 nitrogen and oxygen atoms in total. The fourth-order valence-corrected chi connectivity index (χ4v) is 3.34. The van der Waals surface area contributed by atoms with Crippen LogP contribution < -0.4 is 4.90 Å². The van der Waals surface area contributed by atoms with Crippen LogP contribution in [-0.2, 0) is 6.18 Å². The van der Waals surface area contributed by atoms with Crippen molar-refractivity contribution in [2.24, 2.45) is 5.92 Å². The highest BCUT2D eigenvalue weighted by Crippen LogP contribution is 2.39. The first-order chi connectivity index (χ1) is 12.3. The fraction of sp³-hybridized carbons (Fsp3) is 0.389. The van der Waals surface area contributed by atoms with Crippen LogP contribution in [0.1, 0.15) is 31.1 Å². The van der Waals surface area contributed by atoms with Gasteiger partial charge < -0.3 is 4.90 Å². The molecule has 8 heteroatoms. The zero-order chi connectivity index (χ0) is 18.9. The lowest BCUT2D eigenvalue weighted by atomic mass is 9.94. The van der Waals surface area contributed by atoms with Gasteiger partial charge in [-0.1, -0.05) is 32.0 Å². The number of benzene rings is 1. The van der Waals surface area contributed by atoms with Crippen molar-refractivity contribution in [1.82, 2.24) is 14.9 Å². The van der Waals surface area contributed by atoms with E-state index < -0.39 is 17.9 Å². The Morgan fingerprint density at radius 2 is 1.81 bits per heavy atom. The number of rotatable bonds is 4. The molecule has 1 aromatic carbocycles. The zero-order valence-electron chi connectivity index (χ0n) is 14.4. The van der Waals surface area contributed by atoms with E-state index >= 15 is 0 Å². The summed E-state index contributed by atoms with van der Waals surface area (Å²) in [6, 6.07) is 8.02. The Morgan fingerprint density at radius 3 is 2.42 bits per heavy atom. The van der Waals surface area contributed by atoms with Crippen molar-refractivity contribution in [1.29, 1.82) is 0 Å². The minimum Gasteiger partial charge on any atom is -0.315 e. The lowest BCUT2D eigenvalue weighted by Crippen LogP contribution is -2.38. The molecule has 1 fully saturated rings. The van der Waals surface area contributed by atoms with Crippen molar-refractivity contribution in [2.45, 2.75) is 26.1 Å². The van der Waals surface area contributed by atoms with Crippen LogP contribution >= 0.6 is 0 Å². The smallest absolute Gasteiger partial charge is 0.315 e. The number of hydrogen-bond acceptors (Lipinski definition) is 3. The van der Waals surface area contributed by atoms with Gasteiger partial charge in [0.2, 0.25) is 0 Å². The summed E-state index contributed by atoms with van der Waals surface area (Å²) >= 11 is 0. The lowest BCUT2D eigenvalue weighted by molar-refractivity contribution is -0.142. The van der Waals surface area contributed by atoms with E-state index in [9.17, 15) is 18.0 Å². The Balaban J connectivity index is 1.97. The minimum absolute atomic E-state index is 0.0711.